The average Bonchev–Trinajstić information content (AvgIpc) is 2.45. The van der Waals surface area contributed by atoms with Crippen LogP contribution in [0.1, 0.15) is 5.56 Å². The maximum absolute atomic E-state index is 10.9. The van der Waals surface area contributed by atoms with Crippen LogP contribution in [0.15, 0.2) is 54.6 Å². The number of aliphatic hydroxyl groups excluding tert-OH is 1. The standard InChI is InChI=1S/C16H16O3/c17-11-15(16(18)19)10-12-5-4-8-14(9-12)13-6-2-1-3-7-13/h1-9,15,17H,10-11H2,(H,18,19). The first kappa shape index (κ1) is 13.3. The summed E-state index contributed by atoms with van der Waals surface area (Å²) in [5.74, 6) is -1.71. The topological polar surface area (TPSA) is 57.5 Å². The smallest absolute Gasteiger partial charge is 0.309 e. The molecule has 1 atom stereocenters. The van der Waals surface area contributed by atoms with Gasteiger partial charge in [0.2, 0.25) is 0 Å². The van der Waals surface area contributed by atoms with Gasteiger partial charge in [-0.1, -0.05) is 54.6 Å². The van der Waals surface area contributed by atoms with Gasteiger partial charge in [-0.2, -0.15) is 0 Å². The van der Waals surface area contributed by atoms with Crippen molar-refractivity contribution in [2.24, 2.45) is 5.92 Å². The molecule has 19 heavy (non-hydrogen) atoms. The summed E-state index contributed by atoms with van der Waals surface area (Å²) in [5, 5.41) is 18.0. The summed E-state index contributed by atoms with van der Waals surface area (Å²) in [6.45, 7) is -0.342. The molecule has 0 aliphatic heterocycles. The van der Waals surface area contributed by atoms with E-state index >= 15 is 0 Å². The number of carbonyl (C=O) groups is 1. The Hall–Kier alpha value is -2.13. The molecular formula is C16H16O3. The van der Waals surface area contributed by atoms with Crippen LogP contribution in [0.5, 0.6) is 0 Å². The normalized spacial score (nSPS) is 12.1. The summed E-state index contributed by atoms with van der Waals surface area (Å²) in [4.78, 5) is 10.9. The van der Waals surface area contributed by atoms with Gasteiger partial charge in [-0.15, -0.1) is 0 Å². The minimum absolute atomic E-state index is 0.340. The Bertz CT molecular complexity index is 549. The lowest BCUT2D eigenvalue weighted by Crippen LogP contribution is -2.20. The van der Waals surface area contributed by atoms with Crippen LogP contribution < -0.4 is 0 Å². The van der Waals surface area contributed by atoms with Crippen LogP contribution in [0.4, 0.5) is 0 Å². The van der Waals surface area contributed by atoms with Gasteiger partial charge in [0.25, 0.3) is 0 Å². The maximum atomic E-state index is 10.9. The lowest BCUT2D eigenvalue weighted by Gasteiger charge is -2.10. The predicted octanol–water partition coefficient (Wildman–Crippen LogP) is 2.59. The average molecular weight is 256 g/mol. The third-order valence-electron chi connectivity index (χ3n) is 3.09. The van der Waals surface area contributed by atoms with Gasteiger partial charge in [-0.3, -0.25) is 4.79 Å². The summed E-state index contributed by atoms with van der Waals surface area (Å²) in [7, 11) is 0. The van der Waals surface area contributed by atoms with Crippen molar-refractivity contribution in [2.75, 3.05) is 6.61 Å². The Balaban J connectivity index is 2.23. The highest BCUT2D eigenvalue weighted by Crippen LogP contribution is 2.21. The van der Waals surface area contributed by atoms with E-state index in [0.29, 0.717) is 6.42 Å². The van der Waals surface area contributed by atoms with Crippen molar-refractivity contribution in [3.63, 3.8) is 0 Å². The molecule has 2 rings (SSSR count). The van der Waals surface area contributed by atoms with E-state index < -0.39 is 11.9 Å². The number of rotatable bonds is 5. The molecule has 0 heterocycles. The van der Waals surface area contributed by atoms with Gasteiger partial charge >= 0.3 is 5.97 Å². The van der Waals surface area contributed by atoms with E-state index in [0.717, 1.165) is 16.7 Å². The third kappa shape index (κ3) is 3.42. The predicted molar refractivity (Wildman–Crippen MR) is 73.8 cm³/mol. The molecule has 1 unspecified atom stereocenters. The summed E-state index contributed by atoms with van der Waals surface area (Å²) in [6.07, 6.45) is 0.340. The second kappa shape index (κ2) is 6.16. The van der Waals surface area contributed by atoms with Crippen LogP contribution in [0, 0.1) is 5.92 Å². The molecule has 0 aromatic heterocycles. The van der Waals surface area contributed by atoms with Gasteiger partial charge in [0, 0.05) is 0 Å². The fourth-order valence-electron chi connectivity index (χ4n) is 2.02. The van der Waals surface area contributed by atoms with Crippen molar-refractivity contribution in [3.8, 4) is 11.1 Å². The molecule has 0 spiro atoms. The zero-order chi connectivity index (χ0) is 13.7. The van der Waals surface area contributed by atoms with Crippen LogP contribution in [-0.4, -0.2) is 22.8 Å². The molecule has 2 N–H and O–H groups in total. The van der Waals surface area contributed by atoms with Crippen LogP contribution >= 0.6 is 0 Å². The van der Waals surface area contributed by atoms with Crippen LogP contribution in [-0.2, 0) is 11.2 Å². The third-order valence-corrected chi connectivity index (χ3v) is 3.09. The number of benzene rings is 2. The second-order valence-corrected chi connectivity index (χ2v) is 4.49. The van der Waals surface area contributed by atoms with E-state index in [1.807, 2.05) is 54.6 Å². The lowest BCUT2D eigenvalue weighted by atomic mass is 9.96. The number of carboxylic acids is 1. The van der Waals surface area contributed by atoms with E-state index in [2.05, 4.69) is 0 Å². The zero-order valence-corrected chi connectivity index (χ0v) is 10.5. The molecule has 0 fully saturated rings. The minimum Gasteiger partial charge on any atom is -0.481 e. The Morgan fingerprint density at radius 1 is 1.00 bits per heavy atom. The van der Waals surface area contributed by atoms with Gasteiger partial charge in [0.05, 0.1) is 12.5 Å². The SMILES string of the molecule is O=C(O)C(CO)Cc1cccc(-c2ccccc2)c1. The van der Waals surface area contributed by atoms with Gasteiger partial charge in [-0.25, -0.2) is 0 Å². The summed E-state index contributed by atoms with van der Waals surface area (Å²) < 4.78 is 0. The number of hydrogen-bond donors (Lipinski definition) is 2. The van der Waals surface area contributed by atoms with Gasteiger partial charge in [0.1, 0.15) is 0 Å². The van der Waals surface area contributed by atoms with Crippen molar-refractivity contribution in [2.45, 2.75) is 6.42 Å². The molecule has 2 aromatic carbocycles. The first-order chi connectivity index (χ1) is 9.20. The first-order valence-electron chi connectivity index (χ1n) is 6.18. The Kier molecular flexibility index (Phi) is 4.31. The highest BCUT2D eigenvalue weighted by atomic mass is 16.4. The molecule has 2 aromatic rings. The monoisotopic (exact) mass is 256 g/mol. The van der Waals surface area contributed by atoms with Crippen molar-refractivity contribution in [1.29, 1.82) is 0 Å². The Labute approximate surface area is 112 Å². The number of carboxylic acid groups (broad SMARTS) is 1. The molecule has 3 heteroatoms. The molecule has 0 aliphatic carbocycles. The van der Waals surface area contributed by atoms with Crippen molar-refractivity contribution < 1.29 is 15.0 Å². The van der Waals surface area contributed by atoms with Crippen LogP contribution in [0.3, 0.4) is 0 Å². The Morgan fingerprint density at radius 3 is 2.32 bits per heavy atom. The minimum atomic E-state index is -0.965. The molecule has 98 valence electrons. The number of aliphatic carboxylic acids is 1. The highest BCUT2D eigenvalue weighted by molar-refractivity contribution is 5.71. The molecule has 0 saturated carbocycles. The van der Waals surface area contributed by atoms with Gasteiger partial charge in [-0.05, 0) is 23.1 Å². The van der Waals surface area contributed by atoms with E-state index in [4.69, 9.17) is 10.2 Å². The van der Waals surface area contributed by atoms with E-state index in [1.165, 1.54) is 0 Å². The summed E-state index contributed by atoms with van der Waals surface area (Å²) in [6, 6.07) is 17.7. The molecule has 3 nitrogen and oxygen atoms in total. The first-order valence-corrected chi connectivity index (χ1v) is 6.18. The number of hydrogen-bond acceptors (Lipinski definition) is 2. The molecule has 0 radical (unpaired) electrons. The highest BCUT2D eigenvalue weighted by Gasteiger charge is 2.16. The van der Waals surface area contributed by atoms with Crippen molar-refractivity contribution in [1.82, 2.24) is 0 Å². The summed E-state index contributed by atoms with van der Waals surface area (Å²) in [5.41, 5.74) is 3.07. The van der Waals surface area contributed by atoms with Crippen LogP contribution in [0.2, 0.25) is 0 Å². The quantitative estimate of drug-likeness (QED) is 0.864. The molecule has 0 aliphatic rings. The van der Waals surface area contributed by atoms with Gasteiger partial charge < -0.3 is 10.2 Å². The molecular weight excluding hydrogens is 240 g/mol. The van der Waals surface area contributed by atoms with E-state index in [1.54, 1.807) is 0 Å². The fourth-order valence-corrected chi connectivity index (χ4v) is 2.02. The largest absolute Gasteiger partial charge is 0.481 e. The fraction of sp³-hybridized carbons (Fsp3) is 0.188. The maximum Gasteiger partial charge on any atom is 0.309 e. The molecule has 0 bridgehead atoms. The van der Waals surface area contributed by atoms with Crippen molar-refractivity contribution >= 4 is 5.97 Å². The zero-order valence-electron chi connectivity index (χ0n) is 10.5. The van der Waals surface area contributed by atoms with Crippen LogP contribution in [0.25, 0.3) is 11.1 Å². The van der Waals surface area contributed by atoms with Crippen molar-refractivity contribution in [3.05, 3.63) is 60.2 Å². The number of aliphatic hydroxyl groups is 1. The second-order valence-electron chi connectivity index (χ2n) is 4.49. The van der Waals surface area contributed by atoms with Gasteiger partial charge in [0.15, 0.2) is 0 Å². The van der Waals surface area contributed by atoms with E-state index in [-0.39, 0.29) is 6.61 Å². The lowest BCUT2D eigenvalue weighted by molar-refractivity contribution is -0.143. The molecule has 0 saturated heterocycles. The van der Waals surface area contributed by atoms with E-state index in [9.17, 15) is 4.79 Å². The summed E-state index contributed by atoms with van der Waals surface area (Å²) >= 11 is 0. The molecule has 0 amide bonds. The Morgan fingerprint density at radius 2 is 1.68 bits per heavy atom.